The molecule has 5 rings (SSSR count). The number of ketones is 2. The molecule has 4 N–H and O–H groups in total. The topological polar surface area (TPSA) is 200 Å². The number of rotatable bonds is 14. The molecule has 0 fully saturated rings. The molecule has 0 aliphatic carbocycles. The first kappa shape index (κ1) is 46.7. The van der Waals surface area contributed by atoms with Gasteiger partial charge in [-0.1, -0.05) is 58.5 Å². The Balaban J connectivity index is 1.27. The lowest BCUT2D eigenvalue weighted by molar-refractivity contribution is -0.127. The Morgan fingerprint density at radius 3 is 1.16 bits per heavy atom. The first-order valence-electron chi connectivity index (χ1n) is 18.6. The van der Waals surface area contributed by atoms with Crippen LogP contribution < -0.4 is 21.3 Å². The highest BCUT2D eigenvalue weighted by molar-refractivity contribution is 6.34. The quantitative estimate of drug-likeness (QED) is 0.0630. The van der Waals surface area contributed by atoms with Crippen LogP contribution in [0.4, 0.5) is 34.1 Å². The molecule has 0 aliphatic rings. The molecule has 0 saturated carbocycles. The number of aryl methyl sites for hydroxylation is 4. The van der Waals surface area contributed by atoms with Crippen molar-refractivity contribution in [3.05, 3.63) is 138 Å². The molecule has 5 aromatic carbocycles. The fourth-order valence-electron chi connectivity index (χ4n) is 5.67. The van der Waals surface area contributed by atoms with E-state index in [1.807, 2.05) is 13.8 Å². The lowest BCUT2D eigenvalue weighted by Gasteiger charge is -2.16. The van der Waals surface area contributed by atoms with Gasteiger partial charge < -0.3 is 21.3 Å². The summed E-state index contributed by atoms with van der Waals surface area (Å²) in [6, 6.07) is 18.7. The molecule has 62 heavy (non-hydrogen) atoms. The zero-order valence-electron chi connectivity index (χ0n) is 34.0. The lowest BCUT2D eigenvalue weighted by Crippen LogP contribution is -2.32. The zero-order chi connectivity index (χ0) is 45.4. The standard InChI is InChI=1S/C44H38Cl4N8O6/c1-21-7-11-29(45)19-35(21)49-41(59)27-9-13-31(47)37(17-27)53-55-39(25(5)57)43(61)51-33-15-24(4)34(16-23(33)3)52-44(62)40(26(6)58)56-54-38-18-28(10-14-32(38)48)42(60)50-36-20-30(46)12-8-22(36)2/h7-20,39-40H,1-6H3,(H,49,59)(H,50,60)(H,51,61)(H,52,62)/t39-,40-/m0/s1. The van der Waals surface area contributed by atoms with E-state index in [2.05, 4.69) is 41.7 Å². The third-order valence-corrected chi connectivity index (χ3v) is 10.3. The predicted octanol–water partition coefficient (Wildman–Crippen LogP) is 11.4. The van der Waals surface area contributed by atoms with E-state index in [4.69, 9.17) is 46.4 Å². The van der Waals surface area contributed by atoms with Gasteiger partial charge in [-0.3, -0.25) is 28.8 Å². The normalized spacial score (nSPS) is 12.2. The van der Waals surface area contributed by atoms with E-state index in [0.29, 0.717) is 43.9 Å². The number of carbonyl (C=O) groups is 6. The van der Waals surface area contributed by atoms with Crippen LogP contribution in [0.25, 0.3) is 0 Å². The number of benzene rings is 5. The molecular formula is C44H38Cl4N8O6. The molecule has 14 nitrogen and oxygen atoms in total. The Morgan fingerprint density at radius 1 is 0.452 bits per heavy atom. The average molecular weight is 917 g/mol. The fourth-order valence-corrected chi connectivity index (χ4v) is 6.33. The van der Waals surface area contributed by atoms with Gasteiger partial charge in [-0.15, -0.1) is 0 Å². The maximum absolute atomic E-state index is 13.4. The van der Waals surface area contributed by atoms with Gasteiger partial charge in [-0.25, -0.2) is 0 Å². The number of nitrogens with one attached hydrogen (secondary N) is 4. The summed E-state index contributed by atoms with van der Waals surface area (Å²) in [4.78, 5) is 78.1. The van der Waals surface area contributed by atoms with E-state index in [1.54, 1.807) is 62.4 Å². The van der Waals surface area contributed by atoms with Gasteiger partial charge >= 0.3 is 0 Å². The highest BCUT2D eigenvalue weighted by atomic mass is 35.5. The van der Waals surface area contributed by atoms with E-state index in [-0.39, 0.29) is 32.5 Å². The molecular weight excluding hydrogens is 878 g/mol. The van der Waals surface area contributed by atoms with Crippen molar-refractivity contribution in [1.82, 2.24) is 0 Å². The van der Waals surface area contributed by atoms with Crippen LogP contribution in [-0.4, -0.2) is 47.3 Å². The number of hydrogen-bond acceptors (Lipinski definition) is 10. The van der Waals surface area contributed by atoms with Gasteiger partial charge in [0.2, 0.25) is 12.1 Å². The van der Waals surface area contributed by atoms with E-state index in [1.165, 1.54) is 50.2 Å². The van der Waals surface area contributed by atoms with Crippen molar-refractivity contribution < 1.29 is 28.8 Å². The first-order valence-corrected chi connectivity index (χ1v) is 20.1. The summed E-state index contributed by atoms with van der Waals surface area (Å²) in [5.41, 5.74) is 4.60. The van der Waals surface area contributed by atoms with E-state index in [9.17, 15) is 28.8 Å². The number of carbonyl (C=O) groups excluding carboxylic acids is 6. The highest BCUT2D eigenvalue weighted by Crippen LogP contribution is 2.31. The first-order chi connectivity index (χ1) is 29.3. The molecule has 0 aliphatic heterocycles. The summed E-state index contributed by atoms with van der Waals surface area (Å²) in [6.45, 7) is 9.27. The fraction of sp³-hybridized carbons (Fsp3) is 0.182. The van der Waals surface area contributed by atoms with E-state index >= 15 is 0 Å². The second-order valence-corrected chi connectivity index (χ2v) is 15.8. The Bertz CT molecular complexity index is 2520. The third kappa shape index (κ3) is 11.9. The summed E-state index contributed by atoms with van der Waals surface area (Å²) >= 11 is 24.8. The third-order valence-electron chi connectivity index (χ3n) is 9.23. The largest absolute Gasteiger partial charge is 0.324 e. The summed E-state index contributed by atoms with van der Waals surface area (Å²) in [5, 5.41) is 28.1. The summed E-state index contributed by atoms with van der Waals surface area (Å²) in [7, 11) is 0. The number of amides is 4. The van der Waals surface area contributed by atoms with Crippen molar-refractivity contribution in [3.8, 4) is 0 Å². The summed E-state index contributed by atoms with van der Waals surface area (Å²) in [6.07, 6.45) is 0. The number of hydrogen-bond donors (Lipinski definition) is 4. The molecule has 0 spiro atoms. The smallest absolute Gasteiger partial charge is 0.258 e. The minimum Gasteiger partial charge on any atom is -0.324 e. The van der Waals surface area contributed by atoms with Crippen LogP contribution in [-0.2, 0) is 19.2 Å². The second kappa shape index (κ2) is 20.5. The predicted molar refractivity (Wildman–Crippen MR) is 242 cm³/mol. The van der Waals surface area contributed by atoms with Crippen LogP contribution in [0.2, 0.25) is 20.1 Å². The Labute approximate surface area is 376 Å². The van der Waals surface area contributed by atoms with Crippen LogP contribution >= 0.6 is 46.4 Å². The Morgan fingerprint density at radius 2 is 0.806 bits per heavy atom. The van der Waals surface area contributed by atoms with Gasteiger partial charge in [0.05, 0.1) is 10.0 Å². The molecule has 318 valence electrons. The van der Waals surface area contributed by atoms with Crippen LogP contribution in [0.5, 0.6) is 0 Å². The van der Waals surface area contributed by atoms with Crippen molar-refractivity contribution in [2.45, 2.75) is 53.6 Å². The SMILES string of the molecule is CC(=O)[C@H](N=Nc1cc(C(=O)Nc2cc(Cl)ccc2C)ccc1Cl)C(=O)Nc1cc(C)c(NC(=O)[C@@H](N=Nc2cc(C(=O)Nc3cc(Cl)ccc3C)ccc2Cl)C(C)=O)cc1C. The molecule has 0 aromatic heterocycles. The van der Waals surface area contributed by atoms with Gasteiger partial charge in [0.15, 0.2) is 11.6 Å². The van der Waals surface area contributed by atoms with Crippen molar-refractivity contribution in [2.75, 3.05) is 21.3 Å². The summed E-state index contributed by atoms with van der Waals surface area (Å²) < 4.78 is 0. The van der Waals surface area contributed by atoms with Gasteiger partial charge in [-0.2, -0.15) is 20.5 Å². The van der Waals surface area contributed by atoms with Crippen molar-refractivity contribution in [2.24, 2.45) is 20.5 Å². The highest BCUT2D eigenvalue weighted by Gasteiger charge is 2.26. The minimum absolute atomic E-state index is 0.0423. The molecule has 0 unspecified atom stereocenters. The Kier molecular flexibility index (Phi) is 15.5. The number of anilines is 4. The number of nitrogens with zero attached hydrogens (tertiary/aromatic N) is 4. The lowest BCUT2D eigenvalue weighted by atomic mass is 10.1. The van der Waals surface area contributed by atoms with Crippen LogP contribution in [0.3, 0.4) is 0 Å². The number of halogens is 4. The van der Waals surface area contributed by atoms with Crippen LogP contribution in [0.1, 0.15) is 56.8 Å². The maximum Gasteiger partial charge on any atom is 0.258 e. The minimum atomic E-state index is -1.59. The van der Waals surface area contributed by atoms with Gasteiger partial charge in [0.1, 0.15) is 11.4 Å². The van der Waals surface area contributed by atoms with Crippen molar-refractivity contribution >= 4 is 116 Å². The average Bonchev–Trinajstić information content (AvgIpc) is 3.20. The maximum atomic E-state index is 13.4. The molecule has 0 saturated heterocycles. The number of azo groups is 2. The second-order valence-electron chi connectivity index (χ2n) is 14.1. The van der Waals surface area contributed by atoms with E-state index < -0.39 is 47.3 Å². The molecule has 2 atom stereocenters. The summed E-state index contributed by atoms with van der Waals surface area (Å²) in [5.74, 6) is -3.82. The molecule has 0 bridgehead atoms. The number of Topliss-reactive ketones (excluding diaryl/α,β-unsaturated/α-hetero) is 2. The molecule has 0 heterocycles. The Hall–Kier alpha value is -6.32. The van der Waals surface area contributed by atoms with Crippen LogP contribution in [0.15, 0.2) is 105 Å². The monoisotopic (exact) mass is 914 g/mol. The molecule has 0 radical (unpaired) electrons. The van der Waals surface area contributed by atoms with Crippen molar-refractivity contribution in [3.63, 3.8) is 0 Å². The van der Waals surface area contributed by atoms with Gasteiger partial charge in [-0.05, 0) is 137 Å². The molecule has 18 heteroatoms. The van der Waals surface area contributed by atoms with Gasteiger partial charge in [0.25, 0.3) is 23.6 Å². The van der Waals surface area contributed by atoms with E-state index in [0.717, 1.165) is 11.1 Å². The zero-order valence-corrected chi connectivity index (χ0v) is 37.0. The molecule has 4 amide bonds. The molecule has 5 aromatic rings. The van der Waals surface area contributed by atoms with Crippen molar-refractivity contribution in [1.29, 1.82) is 0 Å². The van der Waals surface area contributed by atoms with Gasteiger partial charge in [0, 0.05) is 43.9 Å². The van der Waals surface area contributed by atoms with Crippen LogP contribution in [0, 0.1) is 27.7 Å².